The van der Waals surface area contributed by atoms with Gasteiger partial charge in [-0.05, 0) is 38.5 Å². The van der Waals surface area contributed by atoms with Gasteiger partial charge in [-0.25, -0.2) is 4.57 Å². The number of ether oxygens (including phenoxy) is 2. The number of hydrogen-bond donors (Lipinski definition) is 2. The molecule has 2 atom stereocenters. The molecule has 2 unspecified atom stereocenters. The highest BCUT2D eigenvalue weighted by atomic mass is 31.2. The minimum absolute atomic E-state index is 0.0938. The number of phosphoric ester groups is 1. The summed E-state index contributed by atoms with van der Waals surface area (Å²) in [5.41, 5.74) is 5.31. The van der Waals surface area contributed by atoms with Crippen LogP contribution in [-0.2, 0) is 27.9 Å². The Labute approximate surface area is 283 Å². The number of hydrogen-bond acceptors (Lipinski definition) is 7. The summed E-state index contributed by atoms with van der Waals surface area (Å²) in [5.74, 6) is -0.353. The van der Waals surface area contributed by atoms with Gasteiger partial charge in [0.1, 0.15) is 6.10 Å². The molecule has 0 aliphatic heterocycles. The first-order chi connectivity index (χ1) is 22.4. The van der Waals surface area contributed by atoms with Crippen molar-refractivity contribution in [1.82, 2.24) is 0 Å². The molecule has 0 fully saturated rings. The average molecular weight is 676 g/mol. The van der Waals surface area contributed by atoms with E-state index in [0.717, 1.165) is 32.1 Å². The second kappa shape index (κ2) is 35.5. The Morgan fingerprint density at radius 2 is 1.09 bits per heavy atom. The average Bonchev–Trinajstić information content (AvgIpc) is 3.04. The van der Waals surface area contributed by atoms with E-state index in [0.29, 0.717) is 13.0 Å². The van der Waals surface area contributed by atoms with Crippen LogP contribution in [0.15, 0.2) is 12.2 Å². The van der Waals surface area contributed by atoms with E-state index in [1.165, 1.54) is 128 Å². The van der Waals surface area contributed by atoms with Gasteiger partial charge < -0.3 is 20.1 Å². The fourth-order valence-electron chi connectivity index (χ4n) is 5.34. The molecule has 0 saturated heterocycles. The van der Waals surface area contributed by atoms with Crippen molar-refractivity contribution in [2.24, 2.45) is 5.73 Å². The molecule has 46 heavy (non-hydrogen) atoms. The quantitative estimate of drug-likeness (QED) is 0.0289. The lowest BCUT2D eigenvalue weighted by Crippen LogP contribution is -2.28. The van der Waals surface area contributed by atoms with Crippen LogP contribution >= 0.6 is 7.82 Å². The molecule has 0 bridgehead atoms. The summed E-state index contributed by atoms with van der Waals surface area (Å²) in [7, 11) is -4.25. The van der Waals surface area contributed by atoms with Crippen LogP contribution in [-0.4, -0.2) is 49.9 Å². The predicted molar refractivity (Wildman–Crippen MR) is 192 cm³/mol. The van der Waals surface area contributed by atoms with Crippen LogP contribution in [0.1, 0.15) is 181 Å². The SMILES string of the molecule is CCCCCCCCCC/C=C\CCCCCCCCCCCCCCOCC(COP(=O)(O)OCCN)OC(=O)CCCCC. The molecule has 0 aromatic rings. The van der Waals surface area contributed by atoms with Crippen molar-refractivity contribution in [1.29, 1.82) is 0 Å². The molecule has 0 spiro atoms. The summed E-state index contributed by atoms with van der Waals surface area (Å²) >= 11 is 0. The lowest BCUT2D eigenvalue weighted by molar-refractivity contribution is -0.154. The summed E-state index contributed by atoms with van der Waals surface area (Å²) in [6, 6.07) is 0. The smallest absolute Gasteiger partial charge is 0.457 e. The van der Waals surface area contributed by atoms with E-state index in [1.54, 1.807) is 0 Å². The molecule has 8 nitrogen and oxygen atoms in total. The highest BCUT2D eigenvalue weighted by molar-refractivity contribution is 7.47. The van der Waals surface area contributed by atoms with Crippen LogP contribution in [0.5, 0.6) is 0 Å². The third kappa shape index (κ3) is 34.6. The maximum atomic E-state index is 12.2. The predicted octanol–water partition coefficient (Wildman–Crippen LogP) is 10.7. The topological polar surface area (TPSA) is 117 Å². The minimum Gasteiger partial charge on any atom is -0.457 e. The Balaban J connectivity index is 3.67. The van der Waals surface area contributed by atoms with Gasteiger partial charge in [-0.2, -0.15) is 0 Å². The summed E-state index contributed by atoms with van der Waals surface area (Å²) in [5, 5.41) is 0. The van der Waals surface area contributed by atoms with Crippen molar-refractivity contribution in [3.8, 4) is 0 Å². The number of carbonyl (C=O) groups excluding carboxylic acids is 1. The fraction of sp³-hybridized carbons (Fsp3) is 0.919. The van der Waals surface area contributed by atoms with E-state index in [-0.39, 0.29) is 32.3 Å². The number of rotatable bonds is 37. The first kappa shape index (κ1) is 45.2. The summed E-state index contributed by atoms with van der Waals surface area (Å²) in [6.45, 7) is 4.76. The lowest BCUT2D eigenvalue weighted by atomic mass is 10.0. The Hall–Kier alpha value is -0.760. The normalized spacial score (nSPS) is 13.7. The molecule has 0 aromatic heterocycles. The molecule has 3 N–H and O–H groups in total. The van der Waals surface area contributed by atoms with Gasteiger partial charge in [0, 0.05) is 19.6 Å². The molecule has 0 amide bonds. The maximum Gasteiger partial charge on any atom is 0.472 e. The largest absolute Gasteiger partial charge is 0.472 e. The number of unbranched alkanes of at least 4 members (excludes halogenated alkanes) is 22. The number of phosphoric acid groups is 1. The summed E-state index contributed by atoms with van der Waals surface area (Å²) in [4.78, 5) is 21.9. The van der Waals surface area contributed by atoms with Crippen LogP contribution in [0.2, 0.25) is 0 Å². The van der Waals surface area contributed by atoms with E-state index in [1.807, 2.05) is 0 Å². The molecule has 0 aliphatic carbocycles. The van der Waals surface area contributed by atoms with E-state index in [4.69, 9.17) is 24.3 Å². The van der Waals surface area contributed by atoms with Crippen molar-refractivity contribution in [2.45, 2.75) is 187 Å². The lowest BCUT2D eigenvalue weighted by Gasteiger charge is -2.20. The zero-order valence-corrected chi connectivity index (χ0v) is 31.0. The van der Waals surface area contributed by atoms with Crippen molar-refractivity contribution < 1.29 is 32.8 Å². The van der Waals surface area contributed by atoms with Crippen molar-refractivity contribution >= 4 is 13.8 Å². The van der Waals surface area contributed by atoms with E-state index in [2.05, 4.69) is 26.0 Å². The molecule has 0 aromatic carbocycles. The monoisotopic (exact) mass is 676 g/mol. The summed E-state index contributed by atoms with van der Waals surface area (Å²) in [6.07, 6.45) is 36.1. The van der Waals surface area contributed by atoms with Crippen molar-refractivity contribution in [3.05, 3.63) is 12.2 Å². The third-order valence-electron chi connectivity index (χ3n) is 8.18. The molecule has 274 valence electrons. The van der Waals surface area contributed by atoms with E-state index >= 15 is 0 Å². The van der Waals surface area contributed by atoms with Crippen molar-refractivity contribution in [2.75, 3.05) is 33.0 Å². The molecule has 0 saturated carbocycles. The minimum atomic E-state index is -4.25. The molecule has 0 heterocycles. The Kier molecular flexibility index (Phi) is 35.0. The van der Waals surface area contributed by atoms with Crippen LogP contribution in [0.4, 0.5) is 0 Å². The second-order valence-corrected chi connectivity index (χ2v) is 14.2. The Morgan fingerprint density at radius 3 is 1.59 bits per heavy atom. The molecular formula is C37H74NO7P. The van der Waals surface area contributed by atoms with Gasteiger partial charge in [-0.3, -0.25) is 13.8 Å². The van der Waals surface area contributed by atoms with Gasteiger partial charge in [0.25, 0.3) is 0 Å². The number of carbonyl (C=O) groups is 1. The van der Waals surface area contributed by atoms with Gasteiger partial charge in [-0.15, -0.1) is 0 Å². The van der Waals surface area contributed by atoms with Gasteiger partial charge in [-0.1, -0.05) is 148 Å². The van der Waals surface area contributed by atoms with Crippen LogP contribution < -0.4 is 5.73 Å². The van der Waals surface area contributed by atoms with Gasteiger partial charge in [0.05, 0.1) is 19.8 Å². The number of allylic oxidation sites excluding steroid dienone is 2. The number of nitrogens with two attached hydrogens (primary N) is 1. The Morgan fingerprint density at radius 1 is 0.630 bits per heavy atom. The van der Waals surface area contributed by atoms with Crippen molar-refractivity contribution in [3.63, 3.8) is 0 Å². The maximum absolute atomic E-state index is 12.2. The van der Waals surface area contributed by atoms with Gasteiger partial charge in [0.15, 0.2) is 0 Å². The zero-order valence-electron chi connectivity index (χ0n) is 30.1. The third-order valence-corrected chi connectivity index (χ3v) is 9.17. The van der Waals surface area contributed by atoms with Crippen LogP contribution in [0.3, 0.4) is 0 Å². The van der Waals surface area contributed by atoms with E-state index < -0.39 is 13.9 Å². The molecular weight excluding hydrogens is 601 g/mol. The van der Waals surface area contributed by atoms with Gasteiger partial charge >= 0.3 is 13.8 Å². The first-order valence-electron chi connectivity index (χ1n) is 19.2. The molecule has 0 rings (SSSR count). The molecule has 0 aliphatic rings. The first-order valence-corrected chi connectivity index (χ1v) is 20.7. The fourth-order valence-corrected chi connectivity index (χ4v) is 6.11. The van der Waals surface area contributed by atoms with Crippen LogP contribution in [0, 0.1) is 0 Å². The number of esters is 1. The molecule has 9 heteroatoms. The summed E-state index contributed by atoms with van der Waals surface area (Å²) < 4.78 is 32.9. The van der Waals surface area contributed by atoms with Gasteiger partial charge in [0.2, 0.25) is 0 Å². The van der Waals surface area contributed by atoms with E-state index in [9.17, 15) is 14.3 Å². The highest BCUT2D eigenvalue weighted by Gasteiger charge is 2.25. The standard InChI is InChI=1S/C37H74NO7P/c1-3-5-7-8-9-10-11-12-13-14-15-16-17-18-19-20-21-22-23-24-25-26-27-29-32-42-34-36(45-37(39)30-28-6-4-2)35-44-46(40,41)43-33-31-38/h14-15,36H,3-13,16-35,38H2,1-2H3,(H,40,41)/b15-14-. The van der Waals surface area contributed by atoms with Crippen LogP contribution in [0.25, 0.3) is 0 Å². The Bertz CT molecular complexity index is 722. The second-order valence-electron chi connectivity index (χ2n) is 12.8. The zero-order chi connectivity index (χ0) is 33.8. The highest BCUT2D eigenvalue weighted by Crippen LogP contribution is 2.43. The molecule has 0 radical (unpaired) electrons.